The van der Waals surface area contributed by atoms with Crippen LogP contribution in [0.4, 0.5) is 27.0 Å². The van der Waals surface area contributed by atoms with E-state index in [-0.39, 0.29) is 37.2 Å². The lowest BCUT2D eigenvalue weighted by molar-refractivity contribution is 0.122. The summed E-state index contributed by atoms with van der Waals surface area (Å²) in [6, 6.07) is 4.21. The van der Waals surface area contributed by atoms with E-state index >= 15 is 0 Å². The number of hydrogen-bond acceptors (Lipinski definition) is 10. The van der Waals surface area contributed by atoms with Crippen LogP contribution in [0.15, 0.2) is 36.9 Å². The van der Waals surface area contributed by atoms with Crippen molar-refractivity contribution in [2.24, 2.45) is 0 Å². The quantitative estimate of drug-likeness (QED) is 0.353. The summed E-state index contributed by atoms with van der Waals surface area (Å²) >= 11 is 1.55. The predicted molar refractivity (Wildman–Crippen MR) is 149 cm³/mol. The summed E-state index contributed by atoms with van der Waals surface area (Å²) in [5, 5.41) is 11.2. The molecule has 0 aliphatic carbocycles. The van der Waals surface area contributed by atoms with Crippen LogP contribution in [0.1, 0.15) is 10.6 Å². The van der Waals surface area contributed by atoms with Crippen LogP contribution in [-0.2, 0) is 17.7 Å². The zero-order valence-corrected chi connectivity index (χ0v) is 22.7. The number of ether oxygens (including phenoxy) is 1. The lowest BCUT2D eigenvalue weighted by atomic mass is 10.2. The third-order valence-electron chi connectivity index (χ3n) is 5.86. The average Bonchev–Trinajstić information content (AvgIpc) is 3.49. The fourth-order valence-electron chi connectivity index (χ4n) is 4.17. The van der Waals surface area contributed by atoms with Crippen molar-refractivity contribution in [3.8, 4) is 11.3 Å². The Morgan fingerprint density at radius 3 is 2.54 bits per heavy atom. The van der Waals surface area contributed by atoms with Crippen LogP contribution in [0.3, 0.4) is 0 Å². The largest absolute Gasteiger partial charge is 0.378 e. The second-order valence-electron chi connectivity index (χ2n) is 8.04. The maximum absolute atomic E-state index is 13.1. The van der Waals surface area contributed by atoms with Gasteiger partial charge in [0, 0.05) is 37.1 Å². The van der Waals surface area contributed by atoms with Crippen LogP contribution in [0.5, 0.6) is 0 Å². The molecule has 2 aliphatic rings. The van der Waals surface area contributed by atoms with E-state index in [1.54, 1.807) is 11.3 Å². The molecule has 6 heterocycles. The van der Waals surface area contributed by atoms with Gasteiger partial charge in [-0.2, -0.15) is 5.10 Å². The summed E-state index contributed by atoms with van der Waals surface area (Å²) in [6.45, 7) is 4.73. The molecule has 0 bridgehead atoms. The summed E-state index contributed by atoms with van der Waals surface area (Å²) < 4.78 is 18.5. The molecule has 15 heteroatoms. The Morgan fingerprint density at radius 2 is 1.81 bits per heavy atom. The Labute approximate surface area is 235 Å². The second kappa shape index (κ2) is 12.7. The van der Waals surface area contributed by atoms with Crippen LogP contribution < -0.4 is 15.1 Å². The minimum atomic E-state index is -0.478. The van der Waals surface area contributed by atoms with Gasteiger partial charge in [0.05, 0.1) is 61.0 Å². The van der Waals surface area contributed by atoms with Gasteiger partial charge in [-0.25, -0.2) is 19.3 Å². The van der Waals surface area contributed by atoms with Gasteiger partial charge in [-0.1, -0.05) is 0 Å². The summed E-state index contributed by atoms with van der Waals surface area (Å²) in [7, 11) is 0. The standard InChI is InChI=1S/C22H22FN9OS.3ClH/c23-14-9-25-21(26-10-14)29-22-28-19-17-12-27-30-20(17)32(4-3-18(19)34-22)13-15-1-2-16(11-24-15)31-5-7-33-8-6-31;;;/h1-2,9-12H,3-8,13H2,(H,27,30)(H,25,26,28,29);3*1H. The van der Waals surface area contributed by atoms with Crippen LogP contribution in [0, 0.1) is 5.82 Å². The summed E-state index contributed by atoms with van der Waals surface area (Å²) in [6.07, 6.45) is 6.89. The van der Waals surface area contributed by atoms with Crippen molar-refractivity contribution >= 4 is 71.1 Å². The number of nitrogens with one attached hydrogen (secondary N) is 2. The molecule has 0 aromatic carbocycles. The molecule has 0 atom stereocenters. The molecule has 0 saturated carbocycles. The van der Waals surface area contributed by atoms with E-state index in [9.17, 15) is 4.39 Å². The first-order valence-corrected chi connectivity index (χ1v) is 11.9. The molecule has 0 spiro atoms. The number of fused-ring (bicyclic) bond motifs is 3. The molecule has 1 saturated heterocycles. The van der Waals surface area contributed by atoms with Gasteiger partial charge in [-0.3, -0.25) is 10.1 Å². The molecule has 1 fully saturated rings. The number of aromatic amines is 1. The van der Waals surface area contributed by atoms with Crippen molar-refractivity contribution in [3.05, 3.63) is 53.3 Å². The van der Waals surface area contributed by atoms with Gasteiger partial charge in [0.25, 0.3) is 0 Å². The Hall–Kier alpha value is -2.77. The molecule has 0 amide bonds. The summed E-state index contributed by atoms with van der Waals surface area (Å²) in [5.74, 6) is 0.687. The third-order valence-corrected chi connectivity index (χ3v) is 6.89. The topological polar surface area (TPSA) is 108 Å². The van der Waals surface area contributed by atoms with E-state index in [4.69, 9.17) is 14.7 Å². The van der Waals surface area contributed by atoms with Gasteiger partial charge in [-0.15, -0.1) is 48.6 Å². The van der Waals surface area contributed by atoms with E-state index in [1.807, 2.05) is 12.4 Å². The molecule has 10 nitrogen and oxygen atoms in total. The zero-order chi connectivity index (χ0) is 22.9. The number of hydrogen-bond donors (Lipinski definition) is 2. The Morgan fingerprint density at radius 1 is 1.03 bits per heavy atom. The molecule has 2 N–H and O–H groups in total. The van der Waals surface area contributed by atoms with Crippen LogP contribution >= 0.6 is 48.6 Å². The minimum Gasteiger partial charge on any atom is -0.378 e. The molecule has 2 aliphatic heterocycles. The van der Waals surface area contributed by atoms with Crippen molar-refractivity contribution in [2.75, 3.05) is 48.0 Å². The molecular weight excluding hydrogens is 564 g/mol. The van der Waals surface area contributed by atoms with Crippen molar-refractivity contribution in [3.63, 3.8) is 0 Å². The smallest absolute Gasteiger partial charge is 0.229 e. The highest BCUT2D eigenvalue weighted by Crippen LogP contribution is 2.39. The van der Waals surface area contributed by atoms with E-state index in [0.717, 1.165) is 85.0 Å². The SMILES string of the molecule is Cl.Cl.Cl.Fc1cnc(Nc2nc3c(s2)CCN(Cc2ccc(N4CCOCC4)cn2)c2n[nH]cc2-3)nc1. The van der Waals surface area contributed by atoms with Gasteiger partial charge >= 0.3 is 0 Å². The molecule has 37 heavy (non-hydrogen) atoms. The highest BCUT2D eigenvalue weighted by molar-refractivity contribution is 7.16. The second-order valence-corrected chi connectivity index (χ2v) is 9.13. The zero-order valence-electron chi connectivity index (χ0n) is 19.5. The lowest BCUT2D eigenvalue weighted by Crippen LogP contribution is -2.36. The number of thiazole rings is 1. The van der Waals surface area contributed by atoms with Crippen molar-refractivity contribution in [2.45, 2.75) is 13.0 Å². The fourth-order valence-corrected chi connectivity index (χ4v) is 5.12. The lowest BCUT2D eigenvalue weighted by Gasteiger charge is -2.28. The Balaban J connectivity index is 0.00000127. The summed E-state index contributed by atoms with van der Waals surface area (Å²) in [4.78, 5) is 23.1. The van der Waals surface area contributed by atoms with E-state index < -0.39 is 5.82 Å². The number of rotatable bonds is 5. The van der Waals surface area contributed by atoms with E-state index in [2.05, 4.69) is 47.4 Å². The first-order chi connectivity index (χ1) is 16.7. The number of halogens is 4. The highest BCUT2D eigenvalue weighted by Gasteiger charge is 2.26. The van der Waals surface area contributed by atoms with Gasteiger partial charge in [0.2, 0.25) is 5.95 Å². The predicted octanol–water partition coefficient (Wildman–Crippen LogP) is 4.27. The molecule has 4 aromatic heterocycles. The fraction of sp³-hybridized carbons (Fsp3) is 0.318. The van der Waals surface area contributed by atoms with Crippen molar-refractivity contribution < 1.29 is 9.13 Å². The number of nitrogens with zero attached hydrogens (tertiary/aromatic N) is 7. The normalized spacial score (nSPS) is 14.3. The Bertz CT molecular complexity index is 1280. The van der Waals surface area contributed by atoms with Crippen LogP contribution in [0.25, 0.3) is 11.3 Å². The monoisotopic (exact) mass is 587 g/mol. The van der Waals surface area contributed by atoms with Gasteiger partial charge < -0.3 is 19.9 Å². The number of aromatic nitrogens is 6. The van der Waals surface area contributed by atoms with E-state index in [1.165, 1.54) is 0 Å². The maximum atomic E-state index is 13.1. The number of H-pyrrole nitrogens is 1. The van der Waals surface area contributed by atoms with Crippen molar-refractivity contribution in [1.29, 1.82) is 0 Å². The first-order valence-electron chi connectivity index (χ1n) is 11.0. The first kappa shape index (κ1) is 28.8. The number of anilines is 4. The molecule has 0 unspecified atom stereocenters. The third kappa shape index (κ3) is 6.21. The number of pyridine rings is 1. The highest BCUT2D eigenvalue weighted by atomic mass is 35.5. The van der Waals surface area contributed by atoms with Crippen LogP contribution in [0.2, 0.25) is 0 Å². The molecule has 0 radical (unpaired) electrons. The van der Waals surface area contributed by atoms with Gasteiger partial charge in [-0.05, 0) is 12.1 Å². The average molecular weight is 589 g/mol. The minimum absolute atomic E-state index is 0. The molecule has 6 rings (SSSR count). The van der Waals surface area contributed by atoms with Crippen LogP contribution in [-0.4, -0.2) is 63.0 Å². The number of morpholine rings is 1. The molecule has 4 aromatic rings. The van der Waals surface area contributed by atoms with Gasteiger partial charge in [0.15, 0.2) is 16.8 Å². The molecular formula is C22H25Cl3FN9OS. The van der Waals surface area contributed by atoms with Gasteiger partial charge in [0.1, 0.15) is 0 Å². The maximum Gasteiger partial charge on any atom is 0.229 e. The Kier molecular flexibility index (Phi) is 9.85. The molecule has 198 valence electrons. The van der Waals surface area contributed by atoms with E-state index in [0.29, 0.717) is 17.6 Å². The summed E-state index contributed by atoms with van der Waals surface area (Å²) in [5.41, 5.74) is 3.94. The van der Waals surface area contributed by atoms with Crippen molar-refractivity contribution in [1.82, 2.24) is 30.1 Å².